The zero-order valence-electron chi connectivity index (χ0n) is 14.9. The van der Waals surface area contributed by atoms with Gasteiger partial charge in [-0.1, -0.05) is 20.8 Å². The van der Waals surface area contributed by atoms with Gasteiger partial charge in [0.2, 0.25) is 5.88 Å². The Morgan fingerprint density at radius 2 is 1.75 bits per heavy atom. The van der Waals surface area contributed by atoms with Crippen molar-refractivity contribution in [1.82, 2.24) is 14.5 Å². The van der Waals surface area contributed by atoms with Crippen molar-refractivity contribution in [3.8, 4) is 11.6 Å². The van der Waals surface area contributed by atoms with Crippen molar-refractivity contribution in [1.29, 1.82) is 0 Å². The fraction of sp³-hybridized carbons (Fsp3) is 0.368. The molecule has 5 nitrogen and oxygen atoms in total. The average Bonchev–Trinajstić information content (AvgIpc) is 2.90. The van der Waals surface area contributed by atoms with E-state index < -0.39 is 0 Å². The zero-order valence-corrected chi connectivity index (χ0v) is 14.9. The van der Waals surface area contributed by atoms with E-state index in [1.54, 1.807) is 6.33 Å². The number of benzene rings is 1. The molecule has 0 aliphatic rings. The Morgan fingerprint density at radius 1 is 1.04 bits per heavy atom. The van der Waals surface area contributed by atoms with Crippen molar-refractivity contribution in [2.75, 3.05) is 19.0 Å². The quantitative estimate of drug-likeness (QED) is 0.716. The van der Waals surface area contributed by atoms with Gasteiger partial charge in [-0.2, -0.15) is 0 Å². The molecule has 0 aliphatic heterocycles. The SMILES string of the molecule is CN(C)c1ccc(Oc2ncnc3c2ccn3CC(C)(C)C)cc1. The van der Waals surface area contributed by atoms with Gasteiger partial charge >= 0.3 is 0 Å². The number of rotatable bonds is 4. The van der Waals surface area contributed by atoms with Crippen LogP contribution in [-0.2, 0) is 6.54 Å². The van der Waals surface area contributed by atoms with E-state index in [0.29, 0.717) is 5.88 Å². The van der Waals surface area contributed by atoms with Gasteiger partial charge in [0.1, 0.15) is 17.7 Å². The van der Waals surface area contributed by atoms with Gasteiger partial charge in [-0.05, 0) is 35.7 Å². The standard InChI is InChI=1S/C19H24N4O/c1-19(2,3)12-23-11-10-16-17(23)20-13-21-18(16)24-15-8-6-14(7-9-15)22(4)5/h6-11,13H,12H2,1-5H3. The molecular weight excluding hydrogens is 300 g/mol. The molecule has 126 valence electrons. The van der Waals surface area contributed by atoms with Crippen molar-refractivity contribution < 1.29 is 4.74 Å². The molecule has 0 amide bonds. The minimum atomic E-state index is 0.180. The monoisotopic (exact) mass is 324 g/mol. The Balaban J connectivity index is 1.90. The summed E-state index contributed by atoms with van der Waals surface area (Å²) in [6.45, 7) is 7.53. The first kappa shape index (κ1) is 16.3. The Kier molecular flexibility index (Phi) is 4.18. The van der Waals surface area contributed by atoms with E-state index in [9.17, 15) is 0 Å². The lowest BCUT2D eigenvalue weighted by Crippen LogP contribution is -2.15. The molecule has 24 heavy (non-hydrogen) atoms. The van der Waals surface area contributed by atoms with Crippen LogP contribution in [0.15, 0.2) is 42.9 Å². The van der Waals surface area contributed by atoms with E-state index in [1.165, 1.54) is 0 Å². The number of hydrogen-bond acceptors (Lipinski definition) is 4. The maximum Gasteiger partial charge on any atom is 0.231 e. The lowest BCUT2D eigenvalue weighted by Gasteiger charge is -2.19. The number of fused-ring (bicyclic) bond motifs is 1. The second kappa shape index (κ2) is 6.15. The number of ether oxygens (including phenoxy) is 1. The molecule has 0 atom stereocenters. The van der Waals surface area contributed by atoms with E-state index >= 15 is 0 Å². The molecule has 3 aromatic rings. The second-order valence-corrected chi connectivity index (χ2v) is 7.41. The highest BCUT2D eigenvalue weighted by Crippen LogP contribution is 2.29. The molecule has 0 N–H and O–H groups in total. The summed E-state index contributed by atoms with van der Waals surface area (Å²) in [5.74, 6) is 1.36. The van der Waals surface area contributed by atoms with Crippen LogP contribution in [0.1, 0.15) is 20.8 Å². The molecule has 0 saturated heterocycles. The van der Waals surface area contributed by atoms with Crippen molar-refractivity contribution in [3.05, 3.63) is 42.9 Å². The van der Waals surface area contributed by atoms with Crippen LogP contribution >= 0.6 is 0 Å². The molecule has 0 unspecified atom stereocenters. The van der Waals surface area contributed by atoms with Crippen LogP contribution in [0.25, 0.3) is 11.0 Å². The van der Waals surface area contributed by atoms with Gasteiger partial charge in [0.15, 0.2) is 0 Å². The zero-order chi connectivity index (χ0) is 17.3. The molecule has 2 aromatic heterocycles. The van der Waals surface area contributed by atoms with Gasteiger partial charge in [-0.25, -0.2) is 9.97 Å². The van der Waals surface area contributed by atoms with E-state index in [0.717, 1.165) is 29.0 Å². The number of aromatic nitrogens is 3. The summed E-state index contributed by atoms with van der Waals surface area (Å²) in [4.78, 5) is 10.8. The third kappa shape index (κ3) is 3.50. The number of anilines is 1. The van der Waals surface area contributed by atoms with E-state index in [1.807, 2.05) is 50.6 Å². The smallest absolute Gasteiger partial charge is 0.231 e. The predicted molar refractivity (Wildman–Crippen MR) is 97.8 cm³/mol. The minimum Gasteiger partial charge on any atom is -0.438 e. The first-order valence-corrected chi connectivity index (χ1v) is 8.08. The molecule has 0 spiro atoms. The van der Waals surface area contributed by atoms with E-state index in [2.05, 4.69) is 40.2 Å². The Morgan fingerprint density at radius 3 is 2.38 bits per heavy atom. The van der Waals surface area contributed by atoms with Crippen molar-refractivity contribution in [2.45, 2.75) is 27.3 Å². The molecule has 0 saturated carbocycles. The van der Waals surface area contributed by atoms with Crippen molar-refractivity contribution in [3.63, 3.8) is 0 Å². The van der Waals surface area contributed by atoms with Gasteiger partial charge in [0.05, 0.1) is 5.39 Å². The highest BCUT2D eigenvalue weighted by atomic mass is 16.5. The molecule has 5 heteroatoms. The van der Waals surface area contributed by atoms with Crippen LogP contribution in [0.3, 0.4) is 0 Å². The van der Waals surface area contributed by atoms with Crippen LogP contribution in [0.2, 0.25) is 0 Å². The van der Waals surface area contributed by atoms with Gasteiger partial charge in [0, 0.05) is 32.5 Å². The van der Waals surface area contributed by atoms with Crippen LogP contribution < -0.4 is 9.64 Å². The first-order valence-electron chi connectivity index (χ1n) is 8.08. The maximum atomic E-state index is 5.99. The fourth-order valence-electron chi connectivity index (χ4n) is 2.62. The highest BCUT2D eigenvalue weighted by Gasteiger charge is 2.15. The molecule has 0 fully saturated rings. The summed E-state index contributed by atoms with van der Waals surface area (Å²) in [5.41, 5.74) is 2.21. The third-order valence-corrected chi connectivity index (χ3v) is 3.73. The normalized spacial score (nSPS) is 11.7. The van der Waals surface area contributed by atoms with Gasteiger partial charge < -0.3 is 14.2 Å². The minimum absolute atomic E-state index is 0.180. The van der Waals surface area contributed by atoms with Crippen LogP contribution in [0.5, 0.6) is 11.6 Å². The van der Waals surface area contributed by atoms with Crippen LogP contribution in [0.4, 0.5) is 5.69 Å². The lowest BCUT2D eigenvalue weighted by atomic mass is 9.97. The average molecular weight is 324 g/mol. The van der Waals surface area contributed by atoms with Crippen LogP contribution in [0, 0.1) is 5.41 Å². The maximum absolute atomic E-state index is 5.99. The Labute approximate surface area is 142 Å². The summed E-state index contributed by atoms with van der Waals surface area (Å²) in [5, 5.41) is 0.929. The highest BCUT2D eigenvalue weighted by molar-refractivity contribution is 5.81. The lowest BCUT2D eigenvalue weighted by molar-refractivity contribution is 0.348. The number of nitrogens with zero attached hydrogens (tertiary/aromatic N) is 4. The molecule has 0 bridgehead atoms. The third-order valence-electron chi connectivity index (χ3n) is 3.73. The summed E-state index contributed by atoms with van der Waals surface area (Å²) >= 11 is 0. The Bertz CT molecular complexity index is 829. The molecular formula is C19H24N4O. The Hall–Kier alpha value is -2.56. The van der Waals surface area contributed by atoms with Gasteiger partial charge in [-0.3, -0.25) is 0 Å². The molecule has 1 aromatic carbocycles. The number of hydrogen-bond donors (Lipinski definition) is 0. The van der Waals surface area contributed by atoms with Crippen LogP contribution in [-0.4, -0.2) is 28.6 Å². The van der Waals surface area contributed by atoms with E-state index in [-0.39, 0.29) is 5.41 Å². The molecule has 0 radical (unpaired) electrons. The van der Waals surface area contributed by atoms with Crippen molar-refractivity contribution >= 4 is 16.7 Å². The fourth-order valence-corrected chi connectivity index (χ4v) is 2.62. The topological polar surface area (TPSA) is 43.2 Å². The largest absolute Gasteiger partial charge is 0.438 e. The molecule has 0 aliphatic carbocycles. The molecule has 2 heterocycles. The second-order valence-electron chi connectivity index (χ2n) is 7.41. The van der Waals surface area contributed by atoms with Gasteiger partial charge in [-0.15, -0.1) is 0 Å². The molecule has 3 rings (SSSR count). The first-order chi connectivity index (χ1) is 11.3. The predicted octanol–water partition coefficient (Wildman–Crippen LogP) is 4.34. The summed E-state index contributed by atoms with van der Waals surface area (Å²) in [6.07, 6.45) is 3.61. The van der Waals surface area contributed by atoms with Crippen molar-refractivity contribution in [2.24, 2.45) is 5.41 Å². The van der Waals surface area contributed by atoms with E-state index in [4.69, 9.17) is 4.74 Å². The summed E-state index contributed by atoms with van der Waals surface area (Å²) in [6, 6.07) is 9.98. The summed E-state index contributed by atoms with van der Waals surface area (Å²) < 4.78 is 8.14. The van der Waals surface area contributed by atoms with Gasteiger partial charge in [0.25, 0.3) is 0 Å². The summed E-state index contributed by atoms with van der Waals surface area (Å²) in [7, 11) is 4.03.